The molecule has 4 heteroatoms. The maximum atomic E-state index is 12.7. The van der Waals surface area contributed by atoms with Crippen molar-refractivity contribution in [3.8, 4) is 0 Å². The maximum absolute atomic E-state index is 12.7. The van der Waals surface area contributed by atoms with Crippen LogP contribution in [0.4, 0.5) is 4.39 Å². The monoisotopic (exact) mass is 241 g/mol. The van der Waals surface area contributed by atoms with Gasteiger partial charge in [0.1, 0.15) is 5.82 Å². The second kappa shape index (κ2) is 7.37. The topological polar surface area (TPSA) is 41.5 Å². The molecule has 17 heavy (non-hydrogen) atoms. The van der Waals surface area contributed by atoms with Crippen molar-refractivity contribution in [3.63, 3.8) is 0 Å². The molecule has 2 unspecified atom stereocenters. The Bertz CT molecular complexity index is 316. The Hall–Kier alpha value is -0.970. The Kier molecular flexibility index (Phi) is 6.11. The largest absolute Gasteiger partial charge is 0.387 e. The van der Waals surface area contributed by atoms with Crippen LogP contribution in [0.2, 0.25) is 0 Å². The smallest absolute Gasteiger partial charge is 0.123 e. The molecule has 2 N–H and O–H groups in total. The van der Waals surface area contributed by atoms with Crippen LogP contribution in [-0.4, -0.2) is 30.9 Å². The minimum Gasteiger partial charge on any atom is -0.387 e. The molecule has 1 aromatic carbocycles. The van der Waals surface area contributed by atoms with E-state index in [1.807, 2.05) is 13.8 Å². The average Bonchev–Trinajstić information content (AvgIpc) is 2.30. The van der Waals surface area contributed by atoms with Gasteiger partial charge in [0, 0.05) is 19.7 Å². The highest BCUT2D eigenvalue weighted by atomic mass is 19.1. The Morgan fingerprint density at radius 2 is 1.94 bits per heavy atom. The van der Waals surface area contributed by atoms with E-state index in [0.29, 0.717) is 25.3 Å². The molecule has 1 aromatic rings. The zero-order valence-corrected chi connectivity index (χ0v) is 10.3. The number of hydrogen-bond acceptors (Lipinski definition) is 3. The lowest BCUT2D eigenvalue weighted by molar-refractivity contribution is 0.0723. The first-order chi connectivity index (χ1) is 8.13. The molecule has 0 fully saturated rings. The fraction of sp³-hybridized carbons (Fsp3) is 0.538. The molecule has 0 aliphatic carbocycles. The molecule has 0 bridgehead atoms. The first-order valence-electron chi connectivity index (χ1n) is 5.89. The lowest BCUT2D eigenvalue weighted by atomic mass is 10.1. The van der Waals surface area contributed by atoms with E-state index < -0.39 is 6.10 Å². The lowest BCUT2D eigenvalue weighted by Gasteiger charge is -2.15. The fourth-order valence-corrected chi connectivity index (χ4v) is 1.57. The van der Waals surface area contributed by atoms with Crippen LogP contribution in [0.15, 0.2) is 24.3 Å². The van der Waals surface area contributed by atoms with Crippen LogP contribution in [0.25, 0.3) is 0 Å². The first-order valence-corrected chi connectivity index (χ1v) is 5.89. The van der Waals surface area contributed by atoms with Crippen LogP contribution < -0.4 is 5.32 Å². The van der Waals surface area contributed by atoms with Crippen molar-refractivity contribution in [1.29, 1.82) is 0 Å². The van der Waals surface area contributed by atoms with Crippen molar-refractivity contribution in [2.75, 3.05) is 19.7 Å². The third-order valence-electron chi connectivity index (χ3n) is 2.48. The summed E-state index contributed by atoms with van der Waals surface area (Å²) < 4.78 is 18.0. The predicted octanol–water partition coefficient (Wildman–Crippen LogP) is 1.87. The molecule has 96 valence electrons. The lowest BCUT2D eigenvalue weighted by Crippen LogP contribution is -2.30. The standard InChI is InChI=1S/C13H20FNO2/c1-3-17-10(2)8-15-9-13(16)11-4-6-12(14)7-5-11/h4-7,10,13,15-16H,3,8-9H2,1-2H3. The molecule has 1 rings (SSSR count). The second-order valence-electron chi connectivity index (χ2n) is 3.99. The summed E-state index contributed by atoms with van der Waals surface area (Å²) in [6, 6.07) is 5.88. The number of nitrogens with one attached hydrogen (secondary N) is 1. The Labute approximate surface area is 102 Å². The number of rotatable bonds is 7. The van der Waals surface area contributed by atoms with E-state index in [-0.39, 0.29) is 11.9 Å². The van der Waals surface area contributed by atoms with Gasteiger partial charge in [0.05, 0.1) is 12.2 Å². The van der Waals surface area contributed by atoms with Gasteiger partial charge in [0.25, 0.3) is 0 Å². The minimum atomic E-state index is -0.621. The average molecular weight is 241 g/mol. The van der Waals surface area contributed by atoms with Gasteiger partial charge in [0.2, 0.25) is 0 Å². The third kappa shape index (κ3) is 5.26. The van der Waals surface area contributed by atoms with Gasteiger partial charge in [0.15, 0.2) is 0 Å². The second-order valence-corrected chi connectivity index (χ2v) is 3.99. The van der Waals surface area contributed by atoms with Gasteiger partial charge in [-0.15, -0.1) is 0 Å². The molecule has 0 spiro atoms. The summed E-state index contributed by atoms with van der Waals surface area (Å²) >= 11 is 0. The van der Waals surface area contributed by atoms with Crippen molar-refractivity contribution in [3.05, 3.63) is 35.6 Å². The molecule has 0 aromatic heterocycles. The number of ether oxygens (including phenoxy) is 1. The minimum absolute atomic E-state index is 0.125. The van der Waals surface area contributed by atoms with Gasteiger partial charge >= 0.3 is 0 Å². The summed E-state index contributed by atoms with van der Waals surface area (Å²) in [4.78, 5) is 0. The van der Waals surface area contributed by atoms with E-state index in [2.05, 4.69) is 5.32 Å². The molecule has 0 aliphatic rings. The van der Waals surface area contributed by atoms with Gasteiger partial charge < -0.3 is 15.2 Å². The Balaban J connectivity index is 2.29. The number of aliphatic hydroxyl groups is 1. The molecule has 0 saturated carbocycles. The van der Waals surface area contributed by atoms with E-state index in [1.165, 1.54) is 12.1 Å². The van der Waals surface area contributed by atoms with Crippen molar-refractivity contribution >= 4 is 0 Å². The van der Waals surface area contributed by atoms with E-state index in [1.54, 1.807) is 12.1 Å². The quantitative estimate of drug-likeness (QED) is 0.765. The van der Waals surface area contributed by atoms with Crippen LogP contribution >= 0.6 is 0 Å². The van der Waals surface area contributed by atoms with Gasteiger partial charge in [-0.3, -0.25) is 0 Å². The van der Waals surface area contributed by atoms with Gasteiger partial charge in [-0.1, -0.05) is 12.1 Å². The number of aliphatic hydroxyl groups excluding tert-OH is 1. The number of halogens is 1. The summed E-state index contributed by atoms with van der Waals surface area (Å²) in [5.74, 6) is -0.293. The molecule has 0 aliphatic heterocycles. The normalized spacial score (nSPS) is 14.6. The van der Waals surface area contributed by atoms with Crippen LogP contribution in [-0.2, 0) is 4.74 Å². The van der Waals surface area contributed by atoms with Crippen molar-refractivity contribution in [2.24, 2.45) is 0 Å². The Morgan fingerprint density at radius 1 is 1.29 bits per heavy atom. The van der Waals surface area contributed by atoms with Crippen LogP contribution in [0.3, 0.4) is 0 Å². The summed E-state index contributed by atoms with van der Waals surface area (Å²) in [5, 5.41) is 12.9. The summed E-state index contributed by atoms with van der Waals surface area (Å²) in [5.41, 5.74) is 0.711. The summed E-state index contributed by atoms with van der Waals surface area (Å²) in [6.07, 6.45) is -0.496. The predicted molar refractivity (Wildman–Crippen MR) is 65.3 cm³/mol. The van der Waals surface area contributed by atoms with Gasteiger partial charge in [-0.05, 0) is 31.5 Å². The highest BCUT2D eigenvalue weighted by Gasteiger charge is 2.08. The third-order valence-corrected chi connectivity index (χ3v) is 2.48. The van der Waals surface area contributed by atoms with Crippen LogP contribution in [0.5, 0.6) is 0 Å². The summed E-state index contributed by atoms with van der Waals surface area (Å²) in [7, 11) is 0. The number of hydrogen-bond donors (Lipinski definition) is 2. The van der Waals surface area contributed by atoms with E-state index in [0.717, 1.165) is 0 Å². The van der Waals surface area contributed by atoms with E-state index in [4.69, 9.17) is 4.74 Å². The van der Waals surface area contributed by atoms with Crippen molar-refractivity contribution < 1.29 is 14.2 Å². The van der Waals surface area contributed by atoms with Gasteiger partial charge in [-0.25, -0.2) is 4.39 Å². The van der Waals surface area contributed by atoms with E-state index >= 15 is 0 Å². The SMILES string of the molecule is CCOC(C)CNCC(O)c1ccc(F)cc1. The molecule has 0 saturated heterocycles. The maximum Gasteiger partial charge on any atom is 0.123 e. The zero-order valence-electron chi connectivity index (χ0n) is 10.3. The molecule has 0 radical (unpaired) electrons. The molecule has 0 heterocycles. The van der Waals surface area contributed by atoms with Crippen LogP contribution in [0, 0.1) is 5.82 Å². The van der Waals surface area contributed by atoms with E-state index in [9.17, 15) is 9.50 Å². The number of benzene rings is 1. The van der Waals surface area contributed by atoms with Crippen molar-refractivity contribution in [2.45, 2.75) is 26.1 Å². The highest BCUT2D eigenvalue weighted by Crippen LogP contribution is 2.12. The van der Waals surface area contributed by atoms with Crippen LogP contribution in [0.1, 0.15) is 25.5 Å². The highest BCUT2D eigenvalue weighted by molar-refractivity contribution is 5.18. The first kappa shape index (κ1) is 14.1. The van der Waals surface area contributed by atoms with Crippen molar-refractivity contribution in [1.82, 2.24) is 5.32 Å². The molecule has 2 atom stereocenters. The fourth-order valence-electron chi connectivity index (χ4n) is 1.57. The zero-order chi connectivity index (χ0) is 12.7. The van der Waals surface area contributed by atoms with Gasteiger partial charge in [-0.2, -0.15) is 0 Å². The Morgan fingerprint density at radius 3 is 2.53 bits per heavy atom. The molecule has 3 nitrogen and oxygen atoms in total. The summed E-state index contributed by atoms with van der Waals surface area (Å²) in [6.45, 7) is 5.73. The molecular formula is C13H20FNO2. The molecular weight excluding hydrogens is 221 g/mol. The molecule has 0 amide bonds.